The molecule has 3 aromatic heterocycles. The number of nitrogen functional groups attached to an aromatic ring is 1. The van der Waals surface area contributed by atoms with E-state index in [2.05, 4.69) is 33.1 Å². The number of likely N-dealkylation sites (tertiary alicyclic amines) is 1. The SMILES string of the molecule is CN1CCN(C(=O)N2CCC(c3ccncc3-c3cnc4cc(N)nn4c3)CC2)CC1. The topological polar surface area (TPSA) is 95.9 Å². The summed E-state index contributed by atoms with van der Waals surface area (Å²) in [5, 5.41) is 4.28. The number of hydrogen-bond acceptors (Lipinski definition) is 6. The lowest BCUT2D eigenvalue weighted by Crippen LogP contribution is -2.53. The predicted molar refractivity (Wildman–Crippen MR) is 119 cm³/mol. The molecule has 9 nitrogen and oxygen atoms in total. The Morgan fingerprint density at radius 2 is 1.81 bits per heavy atom. The lowest BCUT2D eigenvalue weighted by Gasteiger charge is -2.39. The summed E-state index contributed by atoms with van der Waals surface area (Å²) < 4.78 is 1.71. The Kier molecular flexibility index (Phi) is 5.19. The van der Waals surface area contributed by atoms with E-state index in [1.807, 2.05) is 34.6 Å². The number of nitrogens with zero attached hydrogens (tertiary/aromatic N) is 7. The number of carbonyl (C=O) groups is 1. The van der Waals surface area contributed by atoms with Gasteiger partial charge in [-0.1, -0.05) is 0 Å². The summed E-state index contributed by atoms with van der Waals surface area (Å²) >= 11 is 0. The predicted octanol–water partition coefficient (Wildman–Crippen LogP) is 1.92. The Hall–Kier alpha value is -3.20. The smallest absolute Gasteiger partial charge is 0.320 e. The second-order valence-corrected chi connectivity index (χ2v) is 8.51. The number of likely N-dealkylation sites (N-methyl/N-ethyl adjacent to an activating group) is 1. The number of rotatable bonds is 2. The lowest BCUT2D eigenvalue weighted by molar-refractivity contribution is 0.113. The lowest BCUT2D eigenvalue weighted by atomic mass is 9.86. The molecule has 2 N–H and O–H groups in total. The van der Waals surface area contributed by atoms with Crippen LogP contribution in [0.2, 0.25) is 0 Å². The summed E-state index contributed by atoms with van der Waals surface area (Å²) in [4.78, 5) is 28.0. The molecule has 2 saturated heterocycles. The Labute approximate surface area is 181 Å². The molecule has 0 aromatic carbocycles. The van der Waals surface area contributed by atoms with E-state index < -0.39 is 0 Å². The number of amides is 2. The molecule has 9 heteroatoms. The second-order valence-electron chi connectivity index (χ2n) is 8.51. The first kappa shape index (κ1) is 19.7. The first-order valence-electron chi connectivity index (χ1n) is 10.9. The van der Waals surface area contributed by atoms with E-state index in [0.29, 0.717) is 11.7 Å². The zero-order valence-corrected chi connectivity index (χ0v) is 17.8. The van der Waals surface area contributed by atoms with Crippen molar-refractivity contribution in [3.8, 4) is 11.1 Å². The molecule has 0 aliphatic carbocycles. The van der Waals surface area contributed by atoms with E-state index >= 15 is 0 Å². The van der Waals surface area contributed by atoms with Gasteiger partial charge in [0, 0.05) is 81.2 Å². The summed E-state index contributed by atoms with van der Waals surface area (Å²) in [6, 6.07) is 4.04. The van der Waals surface area contributed by atoms with Gasteiger partial charge in [-0.3, -0.25) is 4.98 Å². The van der Waals surface area contributed by atoms with Crippen molar-refractivity contribution in [1.82, 2.24) is 34.3 Å². The molecule has 2 aliphatic heterocycles. The van der Waals surface area contributed by atoms with Gasteiger partial charge in [0.25, 0.3) is 0 Å². The molecule has 3 aromatic rings. The largest absolute Gasteiger partial charge is 0.382 e. The summed E-state index contributed by atoms with van der Waals surface area (Å²) in [6.45, 7) is 5.09. The van der Waals surface area contributed by atoms with Crippen LogP contribution in [0.3, 0.4) is 0 Å². The standard InChI is InChI=1S/C22H28N8O/c1-27-8-10-29(11-9-27)22(31)28-6-3-16(4-7-28)18-2-5-24-14-19(18)17-13-25-21-12-20(23)26-30(21)15-17/h2,5,12-16H,3-4,6-11H2,1H3,(H2,23,26). The van der Waals surface area contributed by atoms with Crippen LogP contribution in [0.25, 0.3) is 16.8 Å². The average Bonchev–Trinajstić information content (AvgIpc) is 3.18. The molecule has 0 spiro atoms. The maximum atomic E-state index is 12.9. The van der Waals surface area contributed by atoms with Crippen molar-refractivity contribution in [2.45, 2.75) is 18.8 Å². The number of anilines is 1. The van der Waals surface area contributed by atoms with Crippen LogP contribution in [0, 0.1) is 0 Å². The molecule has 5 rings (SSSR count). The molecule has 0 radical (unpaired) electrons. The number of pyridine rings is 1. The number of fused-ring (bicyclic) bond motifs is 1. The summed E-state index contributed by atoms with van der Waals surface area (Å²) in [5.41, 5.74) is 9.81. The molecule has 2 aliphatic rings. The zero-order chi connectivity index (χ0) is 21.4. The van der Waals surface area contributed by atoms with Crippen LogP contribution in [0.15, 0.2) is 36.9 Å². The van der Waals surface area contributed by atoms with E-state index in [-0.39, 0.29) is 6.03 Å². The number of urea groups is 1. The quantitative estimate of drug-likeness (QED) is 0.681. The van der Waals surface area contributed by atoms with Crippen LogP contribution in [0.4, 0.5) is 10.6 Å². The normalized spacial score (nSPS) is 18.6. The minimum absolute atomic E-state index is 0.187. The first-order chi connectivity index (χ1) is 15.1. The number of aromatic nitrogens is 4. The van der Waals surface area contributed by atoms with Crippen molar-refractivity contribution >= 4 is 17.5 Å². The molecule has 5 heterocycles. The van der Waals surface area contributed by atoms with E-state index in [0.717, 1.165) is 68.9 Å². The molecule has 31 heavy (non-hydrogen) atoms. The molecule has 0 bridgehead atoms. The fourth-order valence-electron chi connectivity index (χ4n) is 4.62. The van der Waals surface area contributed by atoms with Crippen LogP contribution < -0.4 is 5.73 Å². The molecule has 0 saturated carbocycles. The van der Waals surface area contributed by atoms with Crippen LogP contribution in [0.1, 0.15) is 24.3 Å². The maximum absolute atomic E-state index is 12.9. The molecular weight excluding hydrogens is 392 g/mol. The number of carbonyl (C=O) groups excluding carboxylic acids is 1. The number of piperazine rings is 1. The number of nitrogens with two attached hydrogens (primary N) is 1. The van der Waals surface area contributed by atoms with Gasteiger partial charge in [-0.05, 0) is 37.4 Å². The van der Waals surface area contributed by atoms with Crippen LogP contribution in [-0.2, 0) is 0 Å². The Bertz CT molecular complexity index is 1080. The van der Waals surface area contributed by atoms with Crippen LogP contribution >= 0.6 is 0 Å². The molecule has 2 fully saturated rings. The van der Waals surface area contributed by atoms with Gasteiger partial charge >= 0.3 is 6.03 Å². The monoisotopic (exact) mass is 420 g/mol. The minimum atomic E-state index is 0.187. The first-order valence-corrected chi connectivity index (χ1v) is 10.9. The van der Waals surface area contributed by atoms with Gasteiger partial charge in [-0.15, -0.1) is 5.10 Å². The number of hydrogen-bond donors (Lipinski definition) is 1. The third kappa shape index (κ3) is 3.93. The minimum Gasteiger partial charge on any atom is -0.382 e. The molecule has 162 valence electrons. The summed E-state index contributed by atoms with van der Waals surface area (Å²) in [6.07, 6.45) is 9.43. The molecule has 0 unspecified atom stereocenters. The Balaban J connectivity index is 1.31. The van der Waals surface area contributed by atoms with E-state index in [9.17, 15) is 4.79 Å². The van der Waals surface area contributed by atoms with Gasteiger partial charge in [0.05, 0.1) is 0 Å². The van der Waals surface area contributed by atoms with Gasteiger partial charge in [0.15, 0.2) is 5.65 Å². The Morgan fingerprint density at radius 1 is 1.06 bits per heavy atom. The van der Waals surface area contributed by atoms with E-state index in [4.69, 9.17) is 5.73 Å². The number of piperidine rings is 1. The molecular formula is C22H28N8O. The maximum Gasteiger partial charge on any atom is 0.320 e. The molecule has 0 atom stereocenters. The highest BCUT2D eigenvalue weighted by atomic mass is 16.2. The van der Waals surface area contributed by atoms with Gasteiger partial charge in [0.1, 0.15) is 5.82 Å². The average molecular weight is 421 g/mol. The van der Waals surface area contributed by atoms with Crippen molar-refractivity contribution in [3.05, 3.63) is 42.5 Å². The highest BCUT2D eigenvalue weighted by Crippen LogP contribution is 2.35. The van der Waals surface area contributed by atoms with Crippen molar-refractivity contribution in [2.24, 2.45) is 0 Å². The van der Waals surface area contributed by atoms with Crippen molar-refractivity contribution in [2.75, 3.05) is 52.0 Å². The van der Waals surface area contributed by atoms with E-state index in [1.54, 1.807) is 10.6 Å². The third-order valence-electron chi connectivity index (χ3n) is 6.48. The summed E-state index contributed by atoms with van der Waals surface area (Å²) in [7, 11) is 2.11. The van der Waals surface area contributed by atoms with Crippen LogP contribution in [0.5, 0.6) is 0 Å². The van der Waals surface area contributed by atoms with Gasteiger partial charge in [0.2, 0.25) is 0 Å². The third-order valence-corrected chi connectivity index (χ3v) is 6.48. The molecule has 2 amide bonds. The fourth-order valence-corrected chi connectivity index (χ4v) is 4.62. The highest BCUT2D eigenvalue weighted by molar-refractivity contribution is 5.75. The van der Waals surface area contributed by atoms with Gasteiger partial charge in [-0.25, -0.2) is 14.3 Å². The van der Waals surface area contributed by atoms with E-state index in [1.165, 1.54) is 5.56 Å². The van der Waals surface area contributed by atoms with Crippen molar-refractivity contribution < 1.29 is 4.79 Å². The van der Waals surface area contributed by atoms with Gasteiger partial charge in [-0.2, -0.15) is 0 Å². The van der Waals surface area contributed by atoms with Crippen LogP contribution in [-0.4, -0.2) is 86.6 Å². The van der Waals surface area contributed by atoms with Crippen molar-refractivity contribution in [1.29, 1.82) is 0 Å². The zero-order valence-electron chi connectivity index (χ0n) is 17.8. The summed E-state index contributed by atoms with van der Waals surface area (Å²) in [5.74, 6) is 0.835. The Morgan fingerprint density at radius 3 is 2.58 bits per heavy atom. The van der Waals surface area contributed by atoms with Gasteiger partial charge < -0.3 is 20.4 Å². The second kappa shape index (κ2) is 8.14. The fraction of sp³-hybridized carbons (Fsp3) is 0.455. The highest BCUT2D eigenvalue weighted by Gasteiger charge is 2.29. The van der Waals surface area contributed by atoms with Crippen molar-refractivity contribution in [3.63, 3.8) is 0 Å².